The summed E-state index contributed by atoms with van der Waals surface area (Å²) >= 11 is 0. The largest absolute Gasteiger partial charge is 0.573 e. The smallest absolute Gasteiger partial charge is 0.477 e. The summed E-state index contributed by atoms with van der Waals surface area (Å²) in [6.45, 7) is 0.776. The monoisotopic (exact) mass is 406 g/mol. The molecule has 0 saturated heterocycles. The van der Waals surface area contributed by atoms with Crippen molar-refractivity contribution in [2.75, 3.05) is 6.54 Å². The molecule has 2 aromatic heterocycles. The molecular formula is C19H17F3N4O3. The molecule has 0 radical (unpaired) electrons. The molecule has 0 bridgehead atoms. The van der Waals surface area contributed by atoms with E-state index in [1.165, 1.54) is 41.2 Å². The van der Waals surface area contributed by atoms with Crippen LogP contribution in [0.3, 0.4) is 0 Å². The molecule has 3 aromatic rings. The highest BCUT2D eigenvalue weighted by Gasteiger charge is 2.31. The van der Waals surface area contributed by atoms with Crippen LogP contribution in [-0.2, 0) is 6.54 Å². The predicted molar refractivity (Wildman–Crippen MR) is 98.2 cm³/mol. The molecule has 0 spiro atoms. The van der Waals surface area contributed by atoms with E-state index < -0.39 is 12.3 Å². The zero-order chi connectivity index (χ0) is 21.0. The van der Waals surface area contributed by atoms with E-state index in [4.69, 9.17) is 5.73 Å². The minimum atomic E-state index is -4.76. The fraction of sp³-hybridized carbons (Fsp3) is 0.211. The number of rotatable bonds is 7. The highest BCUT2D eigenvalue weighted by atomic mass is 19.4. The number of aryl methyl sites for hydroxylation is 1. The molecule has 0 saturated carbocycles. The molecule has 0 amide bonds. The number of aromatic carboxylic acids is 1. The third kappa shape index (κ3) is 5.11. The zero-order valence-corrected chi connectivity index (χ0v) is 15.1. The molecule has 0 aliphatic rings. The molecule has 2 heterocycles. The molecule has 1 aromatic carbocycles. The minimum absolute atomic E-state index is 0.0421. The van der Waals surface area contributed by atoms with Gasteiger partial charge < -0.3 is 15.6 Å². The molecule has 0 atom stereocenters. The Bertz CT molecular complexity index is 1000. The van der Waals surface area contributed by atoms with Gasteiger partial charge in [-0.2, -0.15) is 5.10 Å². The van der Waals surface area contributed by atoms with E-state index >= 15 is 0 Å². The normalized spacial score (nSPS) is 11.4. The Morgan fingerprint density at radius 3 is 2.45 bits per heavy atom. The second-order valence-corrected chi connectivity index (χ2v) is 6.09. The van der Waals surface area contributed by atoms with Crippen LogP contribution in [0, 0.1) is 0 Å². The Morgan fingerprint density at radius 1 is 1.10 bits per heavy atom. The number of pyridine rings is 1. The standard InChI is InChI=1S/C19H17F3N4O3/c20-19(21,22)29-14-4-2-12(3-5-14)15-10-13(6-8-24-15)16-11-17(18(27)28)26(25-16)9-1-7-23/h2-6,8,10-11H,1,7,9,23H2,(H,27,28). The van der Waals surface area contributed by atoms with Gasteiger partial charge in [0.15, 0.2) is 0 Å². The Hall–Kier alpha value is -3.40. The molecule has 0 aliphatic heterocycles. The lowest BCUT2D eigenvalue weighted by molar-refractivity contribution is -0.274. The Kier molecular flexibility index (Phi) is 5.83. The van der Waals surface area contributed by atoms with Gasteiger partial charge in [0.2, 0.25) is 0 Å². The number of carboxylic acid groups (broad SMARTS) is 1. The molecule has 0 fully saturated rings. The lowest BCUT2D eigenvalue weighted by Gasteiger charge is -2.09. The number of hydrogen-bond acceptors (Lipinski definition) is 5. The van der Waals surface area contributed by atoms with Gasteiger partial charge in [-0.3, -0.25) is 9.67 Å². The van der Waals surface area contributed by atoms with E-state index in [2.05, 4.69) is 14.8 Å². The fourth-order valence-electron chi connectivity index (χ4n) is 2.72. The minimum Gasteiger partial charge on any atom is -0.477 e. The number of hydrogen-bond donors (Lipinski definition) is 2. The van der Waals surface area contributed by atoms with E-state index in [9.17, 15) is 23.1 Å². The van der Waals surface area contributed by atoms with Crippen LogP contribution in [0.15, 0.2) is 48.7 Å². The van der Waals surface area contributed by atoms with Crippen LogP contribution in [0.2, 0.25) is 0 Å². The summed E-state index contributed by atoms with van der Waals surface area (Å²) in [4.78, 5) is 15.7. The maximum absolute atomic E-state index is 12.3. The maximum atomic E-state index is 12.3. The molecule has 7 nitrogen and oxygen atoms in total. The summed E-state index contributed by atoms with van der Waals surface area (Å²) in [5, 5.41) is 13.7. The van der Waals surface area contributed by atoms with Gasteiger partial charge in [0.1, 0.15) is 11.4 Å². The predicted octanol–water partition coefficient (Wildman–Crippen LogP) is 3.56. The van der Waals surface area contributed by atoms with Crippen molar-refractivity contribution >= 4 is 5.97 Å². The molecule has 29 heavy (non-hydrogen) atoms. The van der Waals surface area contributed by atoms with E-state index in [1.807, 2.05) is 0 Å². The van der Waals surface area contributed by atoms with Gasteiger partial charge in [0.05, 0.1) is 11.4 Å². The van der Waals surface area contributed by atoms with Crippen molar-refractivity contribution in [3.63, 3.8) is 0 Å². The van der Waals surface area contributed by atoms with Gasteiger partial charge in [-0.1, -0.05) is 0 Å². The van der Waals surface area contributed by atoms with Crippen LogP contribution < -0.4 is 10.5 Å². The topological polar surface area (TPSA) is 103 Å². The maximum Gasteiger partial charge on any atom is 0.573 e. The van der Waals surface area contributed by atoms with Gasteiger partial charge in [-0.15, -0.1) is 13.2 Å². The van der Waals surface area contributed by atoms with Crippen LogP contribution in [0.4, 0.5) is 13.2 Å². The summed E-state index contributed by atoms with van der Waals surface area (Å²) < 4.78 is 42.1. The third-order valence-corrected chi connectivity index (χ3v) is 4.01. The SMILES string of the molecule is NCCCn1nc(-c2ccnc(-c3ccc(OC(F)(F)F)cc3)c2)cc1C(=O)O. The summed E-state index contributed by atoms with van der Waals surface area (Å²) in [7, 11) is 0. The van der Waals surface area contributed by atoms with Crippen molar-refractivity contribution in [3.05, 3.63) is 54.4 Å². The van der Waals surface area contributed by atoms with Gasteiger partial charge in [-0.05, 0) is 55.4 Å². The number of benzene rings is 1. The molecule has 0 unspecified atom stereocenters. The van der Waals surface area contributed by atoms with Gasteiger partial charge >= 0.3 is 12.3 Å². The summed E-state index contributed by atoms with van der Waals surface area (Å²) in [5.74, 6) is -1.43. The van der Waals surface area contributed by atoms with Gasteiger partial charge in [0.25, 0.3) is 0 Å². The van der Waals surface area contributed by atoms with E-state index in [0.717, 1.165) is 0 Å². The average Bonchev–Trinajstić information content (AvgIpc) is 3.10. The first-order valence-electron chi connectivity index (χ1n) is 8.60. The molecule has 152 valence electrons. The first-order valence-corrected chi connectivity index (χ1v) is 8.60. The highest BCUT2D eigenvalue weighted by molar-refractivity contribution is 5.87. The number of ether oxygens (including phenoxy) is 1. The van der Waals surface area contributed by atoms with Crippen molar-refractivity contribution in [2.24, 2.45) is 5.73 Å². The Labute approximate surface area is 163 Å². The van der Waals surface area contributed by atoms with Crippen LogP contribution in [0.25, 0.3) is 22.5 Å². The first kappa shape index (κ1) is 20.3. The number of carbonyl (C=O) groups is 1. The summed E-state index contributed by atoms with van der Waals surface area (Å²) in [6, 6.07) is 10.1. The highest BCUT2D eigenvalue weighted by Crippen LogP contribution is 2.28. The van der Waals surface area contributed by atoms with Gasteiger partial charge in [-0.25, -0.2) is 4.79 Å². The number of halogens is 3. The molecule has 10 heteroatoms. The van der Waals surface area contributed by atoms with Gasteiger partial charge in [0, 0.05) is 23.9 Å². The quantitative estimate of drug-likeness (QED) is 0.622. The first-order chi connectivity index (χ1) is 13.8. The number of nitrogens with two attached hydrogens (primary N) is 1. The van der Waals surface area contributed by atoms with Crippen LogP contribution in [0.5, 0.6) is 5.75 Å². The second kappa shape index (κ2) is 8.31. The van der Waals surface area contributed by atoms with Crippen molar-refractivity contribution < 1.29 is 27.8 Å². The van der Waals surface area contributed by atoms with Crippen LogP contribution in [-0.4, -0.2) is 38.7 Å². The lowest BCUT2D eigenvalue weighted by atomic mass is 10.1. The van der Waals surface area contributed by atoms with Crippen molar-refractivity contribution in [1.29, 1.82) is 0 Å². The molecule has 3 rings (SSSR count). The van der Waals surface area contributed by atoms with Crippen LogP contribution >= 0.6 is 0 Å². The van der Waals surface area contributed by atoms with E-state index in [-0.39, 0.29) is 11.4 Å². The molecule has 0 aliphatic carbocycles. The average molecular weight is 406 g/mol. The molecular weight excluding hydrogens is 389 g/mol. The Morgan fingerprint density at radius 2 is 1.83 bits per heavy atom. The second-order valence-electron chi connectivity index (χ2n) is 6.09. The van der Waals surface area contributed by atoms with Crippen molar-refractivity contribution in [1.82, 2.24) is 14.8 Å². The number of carboxylic acids is 1. The third-order valence-electron chi connectivity index (χ3n) is 4.01. The fourth-order valence-corrected chi connectivity index (χ4v) is 2.72. The number of alkyl halides is 3. The zero-order valence-electron chi connectivity index (χ0n) is 15.1. The summed E-state index contributed by atoms with van der Waals surface area (Å²) in [5.41, 5.74) is 7.66. The van der Waals surface area contributed by atoms with E-state index in [0.29, 0.717) is 42.0 Å². The number of aromatic nitrogens is 3. The lowest BCUT2D eigenvalue weighted by Crippen LogP contribution is -2.16. The van der Waals surface area contributed by atoms with Crippen molar-refractivity contribution in [3.8, 4) is 28.3 Å². The molecule has 3 N–H and O–H groups in total. The van der Waals surface area contributed by atoms with E-state index in [1.54, 1.807) is 12.1 Å². The van der Waals surface area contributed by atoms with Crippen LogP contribution in [0.1, 0.15) is 16.9 Å². The van der Waals surface area contributed by atoms with Crippen molar-refractivity contribution in [2.45, 2.75) is 19.3 Å². The Balaban J connectivity index is 1.89. The number of nitrogens with zero attached hydrogens (tertiary/aromatic N) is 3. The summed E-state index contributed by atoms with van der Waals surface area (Å²) in [6.07, 6.45) is -2.66.